The van der Waals surface area contributed by atoms with E-state index in [-0.39, 0.29) is 17.8 Å². The van der Waals surface area contributed by atoms with Gasteiger partial charge in [-0.3, -0.25) is 0 Å². The third kappa shape index (κ3) is 4.11. The number of benzene rings is 1. The number of nitrogens with one attached hydrogen (secondary N) is 1. The van der Waals surface area contributed by atoms with Gasteiger partial charge in [0.15, 0.2) is 0 Å². The van der Waals surface area contributed by atoms with Crippen LogP contribution in [0.5, 0.6) is 0 Å². The molecule has 8 heteroatoms. The van der Waals surface area contributed by atoms with E-state index in [1.54, 1.807) is 0 Å². The van der Waals surface area contributed by atoms with Gasteiger partial charge < -0.3 is 0 Å². The third-order valence-corrected chi connectivity index (χ3v) is 5.40. The molecule has 3 nitrogen and oxygen atoms in total. The zero-order chi connectivity index (χ0) is 15.7. The molecule has 1 aliphatic carbocycles. The Kier molecular flexibility index (Phi) is 4.85. The minimum Gasteiger partial charge on any atom is -0.211 e. The predicted octanol–water partition coefficient (Wildman–Crippen LogP) is 3.39. The quantitative estimate of drug-likeness (QED) is 0.853. The first-order chi connectivity index (χ1) is 9.70. The van der Waals surface area contributed by atoms with E-state index in [4.69, 9.17) is 11.6 Å². The summed E-state index contributed by atoms with van der Waals surface area (Å²) >= 11 is 5.93. The number of rotatable bonds is 4. The van der Waals surface area contributed by atoms with E-state index in [1.165, 1.54) is 6.07 Å². The highest BCUT2D eigenvalue weighted by atomic mass is 35.5. The van der Waals surface area contributed by atoms with Crippen LogP contribution in [0.3, 0.4) is 0 Å². The fourth-order valence-electron chi connectivity index (χ4n) is 2.44. The molecule has 0 spiro atoms. The minimum atomic E-state index is -4.71. The van der Waals surface area contributed by atoms with Crippen LogP contribution in [0, 0.1) is 5.92 Å². The smallest absolute Gasteiger partial charge is 0.211 e. The molecule has 0 aromatic heterocycles. The highest BCUT2D eigenvalue weighted by Crippen LogP contribution is 2.34. The van der Waals surface area contributed by atoms with Gasteiger partial charge in [-0.25, -0.2) is 13.1 Å². The maximum atomic E-state index is 12.9. The van der Waals surface area contributed by atoms with E-state index < -0.39 is 26.7 Å². The van der Waals surface area contributed by atoms with Crippen molar-refractivity contribution in [2.45, 2.75) is 35.7 Å². The molecular formula is C13H15ClF3NO2S. The molecule has 1 N–H and O–H groups in total. The van der Waals surface area contributed by atoms with Gasteiger partial charge in [0, 0.05) is 11.9 Å². The Morgan fingerprint density at radius 3 is 2.48 bits per heavy atom. The summed E-state index contributed by atoms with van der Waals surface area (Å²) in [6.45, 7) is 0.109. The lowest BCUT2D eigenvalue weighted by Crippen LogP contribution is -2.30. The number of hydrogen-bond donors (Lipinski definition) is 1. The van der Waals surface area contributed by atoms with E-state index in [0.29, 0.717) is 6.42 Å². The Morgan fingerprint density at radius 1 is 1.24 bits per heavy atom. The van der Waals surface area contributed by atoms with Crippen molar-refractivity contribution in [1.82, 2.24) is 4.72 Å². The monoisotopic (exact) mass is 341 g/mol. The molecule has 1 saturated carbocycles. The molecule has 1 aromatic rings. The maximum absolute atomic E-state index is 12.9. The summed E-state index contributed by atoms with van der Waals surface area (Å²) in [5.74, 6) is 0.0697. The lowest BCUT2D eigenvalue weighted by molar-refractivity contribution is -0.139. The van der Waals surface area contributed by atoms with Crippen LogP contribution in [0.25, 0.3) is 0 Å². The van der Waals surface area contributed by atoms with Crippen LogP contribution in [-0.4, -0.2) is 20.3 Å². The molecule has 0 radical (unpaired) electrons. The Morgan fingerprint density at radius 2 is 1.90 bits per heavy atom. The summed E-state index contributed by atoms with van der Waals surface area (Å²) in [6, 6.07) is 4.16. The van der Waals surface area contributed by atoms with Gasteiger partial charge in [-0.15, -0.1) is 11.6 Å². The van der Waals surface area contributed by atoms with Crippen LogP contribution in [-0.2, 0) is 16.2 Å². The minimum absolute atomic E-state index is 0.0157. The molecule has 0 heterocycles. The summed E-state index contributed by atoms with van der Waals surface area (Å²) in [4.78, 5) is -0.738. The number of halogens is 4. The molecule has 1 fully saturated rings. The van der Waals surface area contributed by atoms with Crippen molar-refractivity contribution in [3.8, 4) is 0 Å². The van der Waals surface area contributed by atoms with Crippen LogP contribution >= 0.6 is 11.6 Å². The van der Waals surface area contributed by atoms with Gasteiger partial charge in [0.2, 0.25) is 10.0 Å². The van der Waals surface area contributed by atoms with Crippen LogP contribution in [0.15, 0.2) is 29.2 Å². The molecule has 0 saturated heterocycles. The molecule has 1 aromatic carbocycles. The Balaban J connectivity index is 2.16. The van der Waals surface area contributed by atoms with Gasteiger partial charge in [0.05, 0.1) is 10.5 Å². The zero-order valence-electron chi connectivity index (χ0n) is 11.0. The molecule has 2 unspecified atom stereocenters. The number of hydrogen-bond acceptors (Lipinski definition) is 2. The maximum Gasteiger partial charge on any atom is 0.417 e. The molecule has 118 valence electrons. The third-order valence-electron chi connectivity index (χ3n) is 3.52. The summed E-state index contributed by atoms with van der Waals surface area (Å²) < 4.78 is 65.0. The largest absolute Gasteiger partial charge is 0.417 e. The normalized spacial score (nSPS) is 23.4. The van der Waals surface area contributed by atoms with Crippen LogP contribution in [0.1, 0.15) is 24.8 Å². The van der Waals surface area contributed by atoms with Gasteiger partial charge in [0.1, 0.15) is 0 Å². The second-order valence-electron chi connectivity index (χ2n) is 5.12. The molecule has 2 atom stereocenters. The first kappa shape index (κ1) is 16.6. The van der Waals surface area contributed by atoms with Gasteiger partial charge in [-0.1, -0.05) is 12.1 Å². The Labute approximate surface area is 126 Å². The molecule has 2 rings (SSSR count). The highest BCUT2D eigenvalue weighted by Gasteiger charge is 2.37. The molecular weight excluding hydrogens is 327 g/mol. The van der Waals surface area contributed by atoms with E-state index in [0.717, 1.165) is 31.0 Å². The number of alkyl halides is 4. The van der Waals surface area contributed by atoms with Gasteiger partial charge >= 0.3 is 6.18 Å². The van der Waals surface area contributed by atoms with Gasteiger partial charge in [-0.05, 0) is 37.3 Å². The Hall–Kier alpha value is -0.790. The van der Waals surface area contributed by atoms with Crippen molar-refractivity contribution in [1.29, 1.82) is 0 Å². The van der Waals surface area contributed by atoms with E-state index in [2.05, 4.69) is 4.72 Å². The van der Waals surface area contributed by atoms with Crippen molar-refractivity contribution < 1.29 is 21.6 Å². The van der Waals surface area contributed by atoms with Gasteiger partial charge in [-0.2, -0.15) is 13.2 Å². The van der Waals surface area contributed by atoms with E-state index in [9.17, 15) is 21.6 Å². The summed E-state index contributed by atoms with van der Waals surface area (Å²) in [6.07, 6.45) is -2.46. The second-order valence-corrected chi connectivity index (χ2v) is 7.47. The van der Waals surface area contributed by atoms with Crippen molar-refractivity contribution in [3.05, 3.63) is 29.8 Å². The van der Waals surface area contributed by atoms with Crippen molar-refractivity contribution in [3.63, 3.8) is 0 Å². The fraction of sp³-hybridized carbons (Fsp3) is 0.538. The average Bonchev–Trinajstić information content (AvgIpc) is 2.82. The van der Waals surface area contributed by atoms with Crippen molar-refractivity contribution in [2.75, 3.05) is 6.54 Å². The van der Waals surface area contributed by atoms with E-state index in [1.807, 2.05) is 0 Å². The lowest BCUT2D eigenvalue weighted by atomic mass is 10.1. The molecule has 1 aliphatic rings. The first-order valence-electron chi connectivity index (χ1n) is 6.50. The number of sulfonamides is 1. The Bertz CT molecular complexity index is 604. The SMILES string of the molecule is O=S(=O)(NCC1CCC(Cl)C1)c1ccccc1C(F)(F)F. The van der Waals surface area contributed by atoms with Crippen molar-refractivity contribution in [2.24, 2.45) is 5.92 Å². The lowest BCUT2D eigenvalue weighted by Gasteiger charge is -2.15. The predicted molar refractivity (Wildman–Crippen MR) is 73.6 cm³/mol. The zero-order valence-corrected chi connectivity index (χ0v) is 12.6. The molecule has 0 amide bonds. The van der Waals surface area contributed by atoms with Crippen LogP contribution in [0.4, 0.5) is 13.2 Å². The standard InChI is InChI=1S/C13H15ClF3NO2S/c14-10-6-5-9(7-10)8-18-21(19,20)12-4-2-1-3-11(12)13(15,16)17/h1-4,9-10,18H,5-8H2. The second kappa shape index (κ2) is 6.14. The van der Waals surface area contributed by atoms with Crippen molar-refractivity contribution >= 4 is 21.6 Å². The molecule has 21 heavy (non-hydrogen) atoms. The topological polar surface area (TPSA) is 46.2 Å². The first-order valence-corrected chi connectivity index (χ1v) is 8.42. The summed E-state index contributed by atoms with van der Waals surface area (Å²) in [5.41, 5.74) is -1.15. The average molecular weight is 342 g/mol. The summed E-state index contributed by atoms with van der Waals surface area (Å²) in [7, 11) is -4.19. The van der Waals surface area contributed by atoms with Crippen LogP contribution < -0.4 is 4.72 Å². The van der Waals surface area contributed by atoms with E-state index >= 15 is 0 Å². The van der Waals surface area contributed by atoms with Crippen LogP contribution in [0.2, 0.25) is 0 Å². The molecule has 0 aliphatic heterocycles. The highest BCUT2D eigenvalue weighted by molar-refractivity contribution is 7.89. The summed E-state index contributed by atoms with van der Waals surface area (Å²) in [5, 5.41) is 0.0157. The molecule has 0 bridgehead atoms. The fourth-order valence-corrected chi connectivity index (χ4v) is 4.16. The van der Waals surface area contributed by atoms with Gasteiger partial charge in [0.25, 0.3) is 0 Å².